The number of aliphatic carboxylic acids is 1. The van der Waals surface area contributed by atoms with Gasteiger partial charge in [-0.15, -0.1) is 11.3 Å². The Hall–Kier alpha value is -1.88. The van der Waals surface area contributed by atoms with Crippen LogP contribution in [0.2, 0.25) is 0 Å². The number of hydrogen-bond donors (Lipinski definition) is 2. The fraction of sp³-hybridized carbons (Fsp3) is 0.333. The molecule has 1 aromatic heterocycles. The van der Waals surface area contributed by atoms with Crippen molar-refractivity contribution < 1.29 is 9.90 Å². The Morgan fingerprint density at radius 2 is 2.10 bits per heavy atom. The van der Waals surface area contributed by atoms with E-state index in [-0.39, 0.29) is 5.92 Å². The van der Waals surface area contributed by atoms with Crippen molar-refractivity contribution in [3.63, 3.8) is 0 Å². The zero-order valence-electron chi connectivity index (χ0n) is 11.6. The van der Waals surface area contributed by atoms with Crippen molar-refractivity contribution in [2.45, 2.75) is 26.8 Å². The van der Waals surface area contributed by atoms with Gasteiger partial charge in [-0.1, -0.05) is 19.1 Å². The lowest BCUT2D eigenvalue weighted by Crippen LogP contribution is -2.12. The largest absolute Gasteiger partial charge is 0.481 e. The molecule has 1 heterocycles. The summed E-state index contributed by atoms with van der Waals surface area (Å²) in [5.41, 5.74) is 4.99. The summed E-state index contributed by atoms with van der Waals surface area (Å²) in [5, 5.41) is 12.2. The van der Waals surface area contributed by atoms with Gasteiger partial charge in [0.05, 0.1) is 23.7 Å². The van der Waals surface area contributed by atoms with Crippen molar-refractivity contribution in [2.24, 2.45) is 5.92 Å². The highest BCUT2D eigenvalue weighted by Crippen LogP contribution is 2.17. The average Bonchev–Trinajstić information content (AvgIpc) is 2.83. The summed E-state index contributed by atoms with van der Waals surface area (Å²) >= 11 is 1.64. The summed E-state index contributed by atoms with van der Waals surface area (Å²) in [7, 11) is 0. The van der Waals surface area contributed by atoms with Gasteiger partial charge in [0.1, 0.15) is 0 Å². The van der Waals surface area contributed by atoms with Crippen LogP contribution in [0.5, 0.6) is 0 Å². The third-order valence-corrected chi connectivity index (χ3v) is 4.15. The number of carboxylic acid groups (broad SMARTS) is 1. The Labute approximate surface area is 122 Å². The van der Waals surface area contributed by atoms with Gasteiger partial charge in [0.15, 0.2) is 0 Å². The molecule has 0 spiro atoms. The van der Waals surface area contributed by atoms with Crippen LogP contribution in [0.4, 0.5) is 5.69 Å². The predicted molar refractivity (Wildman–Crippen MR) is 81.1 cm³/mol. The van der Waals surface area contributed by atoms with Gasteiger partial charge in [-0.05, 0) is 31.0 Å². The fourth-order valence-electron chi connectivity index (χ4n) is 1.88. The summed E-state index contributed by atoms with van der Waals surface area (Å²) in [4.78, 5) is 16.3. The molecule has 2 aromatic rings. The van der Waals surface area contributed by atoms with E-state index in [0.717, 1.165) is 23.5 Å². The fourth-order valence-corrected chi connectivity index (χ4v) is 2.59. The normalized spacial score (nSPS) is 12.1. The highest BCUT2D eigenvalue weighted by Gasteiger charge is 2.11. The molecule has 0 aliphatic carbocycles. The standard InChI is InChI=1S/C15H18N2O2S/c1-10(15(18)19)7-12-3-5-13(6-4-12)16-8-14-11(2)17-9-20-14/h3-6,9-10,16H,7-8H2,1-2H3,(H,18,19). The van der Waals surface area contributed by atoms with E-state index in [1.165, 1.54) is 4.88 Å². The molecule has 0 saturated heterocycles. The Morgan fingerprint density at radius 3 is 2.65 bits per heavy atom. The molecule has 0 radical (unpaired) electrons. The maximum Gasteiger partial charge on any atom is 0.306 e. The zero-order valence-corrected chi connectivity index (χ0v) is 12.4. The van der Waals surface area contributed by atoms with E-state index < -0.39 is 5.97 Å². The first kappa shape index (κ1) is 14.5. The summed E-state index contributed by atoms with van der Waals surface area (Å²) in [5.74, 6) is -1.11. The number of rotatable bonds is 6. The summed E-state index contributed by atoms with van der Waals surface area (Å²) in [6.45, 7) is 4.49. The third kappa shape index (κ3) is 3.81. The molecule has 0 aliphatic rings. The van der Waals surface area contributed by atoms with Gasteiger partial charge in [-0.2, -0.15) is 0 Å². The minimum absolute atomic E-state index is 0.353. The van der Waals surface area contributed by atoms with Crippen molar-refractivity contribution in [3.05, 3.63) is 45.9 Å². The Kier molecular flexibility index (Phi) is 4.74. The van der Waals surface area contributed by atoms with Gasteiger partial charge in [-0.3, -0.25) is 4.79 Å². The number of carbonyl (C=O) groups is 1. The molecule has 0 aliphatic heterocycles. The second kappa shape index (κ2) is 6.52. The first-order chi connectivity index (χ1) is 9.56. The number of nitrogens with one attached hydrogen (secondary N) is 1. The van der Waals surface area contributed by atoms with Crippen LogP contribution < -0.4 is 5.32 Å². The molecule has 2 N–H and O–H groups in total. The summed E-state index contributed by atoms with van der Waals surface area (Å²) < 4.78 is 0. The predicted octanol–water partition coefficient (Wildman–Crippen LogP) is 3.33. The van der Waals surface area contributed by atoms with Crippen LogP contribution >= 0.6 is 11.3 Å². The molecule has 2 rings (SSSR count). The van der Waals surface area contributed by atoms with Crippen molar-refractivity contribution in [3.8, 4) is 0 Å². The van der Waals surface area contributed by atoms with E-state index >= 15 is 0 Å². The highest BCUT2D eigenvalue weighted by molar-refractivity contribution is 7.09. The van der Waals surface area contributed by atoms with Gasteiger partial charge in [0.25, 0.3) is 0 Å². The Balaban J connectivity index is 1.91. The van der Waals surface area contributed by atoms with E-state index in [2.05, 4.69) is 10.3 Å². The van der Waals surface area contributed by atoms with Crippen LogP contribution in [0.3, 0.4) is 0 Å². The second-order valence-electron chi connectivity index (χ2n) is 4.85. The number of hydrogen-bond acceptors (Lipinski definition) is 4. The number of carboxylic acids is 1. The molecule has 1 aromatic carbocycles. The third-order valence-electron chi connectivity index (χ3n) is 3.22. The SMILES string of the molecule is Cc1ncsc1CNc1ccc(CC(C)C(=O)O)cc1. The van der Waals surface area contributed by atoms with Crippen molar-refractivity contribution >= 4 is 23.0 Å². The van der Waals surface area contributed by atoms with Crippen LogP contribution in [-0.4, -0.2) is 16.1 Å². The average molecular weight is 290 g/mol. The van der Waals surface area contributed by atoms with Crippen LogP contribution in [0.25, 0.3) is 0 Å². The molecule has 20 heavy (non-hydrogen) atoms. The minimum atomic E-state index is -0.757. The zero-order chi connectivity index (χ0) is 14.5. The topological polar surface area (TPSA) is 62.2 Å². The van der Waals surface area contributed by atoms with Crippen LogP contribution in [0.1, 0.15) is 23.1 Å². The van der Waals surface area contributed by atoms with Crippen molar-refractivity contribution in [1.29, 1.82) is 0 Å². The minimum Gasteiger partial charge on any atom is -0.481 e. The van der Waals surface area contributed by atoms with Crippen LogP contribution in [0.15, 0.2) is 29.8 Å². The number of aromatic nitrogens is 1. The van der Waals surface area contributed by atoms with E-state index in [1.807, 2.05) is 36.7 Å². The van der Waals surface area contributed by atoms with E-state index in [4.69, 9.17) is 5.11 Å². The van der Waals surface area contributed by atoms with Crippen molar-refractivity contribution in [1.82, 2.24) is 4.98 Å². The van der Waals surface area contributed by atoms with Crippen molar-refractivity contribution in [2.75, 3.05) is 5.32 Å². The number of aryl methyl sites for hydroxylation is 1. The molecule has 0 bridgehead atoms. The molecule has 0 saturated carbocycles. The number of thiazole rings is 1. The number of anilines is 1. The lowest BCUT2D eigenvalue weighted by Gasteiger charge is -2.09. The van der Waals surface area contributed by atoms with E-state index in [0.29, 0.717) is 6.42 Å². The van der Waals surface area contributed by atoms with Crippen LogP contribution in [0, 0.1) is 12.8 Å². The van der Waals surface area contributed by atoms with Gasteiger partial charge < -0.3 is 10.4 Å². The molecule has 1 unspecified atom stereocenters. The maximum absolute atomic E-state index is 10.8. The Bertz CT molecular complexity index is 578. The van der Waals surface area contributed by atoms with Crippen LogP contribution in [-0.2, 0) is 17.8 Å². The monoisotopic (exact) mass is 290 g/mol. The molecular formula is C15H18N2O2S. The Morgan fingerprint density at radius 1 is 1.40 bits per heavy atom. The quantitative estimate of drug-likeness (QED) is 0.856. The second-order valence-corrected chi connectivity index (χ2v) is 5.79. The molecule has 106 valence electrons. The molecule has 4 nitrogen and oxygen atoms in total. The first-order valence-corrected chi connectivity index (χ1v) is 7.39. The lowest BCUT2D eigenvalue weighted by atomic mass is 10.0. The molecular weight excluding hydrogens is 272 g/mol. The van der Waals surface area contributed by atoms with E-state index in [1.54, 1.807) is 18.3 Å². The van der Waals surface area contributed by atoms with Gasteiger partial charge in [0.2, 0.25) is 0 Å². The van der Waals surface area contributed by atoms with Gasteiger partial charge in [-0.25, -0.2) is 4.98 Å². The van der Waals surface area contributed by atoms with Gasteiger partial charge in [0, 0.05) is 10.6 Å². The number of benzene rings is 1. The van der Waals surface area contributed by atoms with E-state index in [9.17, 15) is 4.79 Å². The highest BCUT2D eigenvalue weighted by atomic mass is 32.1. The molecule has 1 atom stereocenters. The lowest BCUT2D eigenvalue weighted by molar-refractivity contribution is -0.141. The number of nitrogens with zero attached hydrogens (tertiary/aromatic N) is 1. The maximum atomic E-state index is 10.8. The van der Waals surface area contributed by atoms with Gasteiger partial charge >= 0.3 is 5.97 Å². The summed E-state index contributed by atoms with van der Waals surface area (Å²) in [6, 6.07) is 7.92. The molecule has 0 fully saturated rings. The smallest absolute Gasteiger partial charge is 0.306 e. The first-order valence-electron chi connectivity index (χ1n) is 6.51. The molecule has 5 heteroatoms. The summed E-state index contributed by atoms with van der Waals surface area (Å²) in [6.07, 6.45) is 0.559. The molecule has 0 amide bonds.